The summed E-state index contributed by atoms with van der Waals surface area (Å²) >= 11 is 0. The fraction of sp³-hybridized carbons (Fsp3) is 0.162. The Hall–Kier alpha value is -4.43. The van der Waals surface area contributed by atoms with Crippen molar-refractivity contribution in [1.82, 2.24) is 4.98 Å². The highest BCUT2D eigenvalue weighted by molar-refractivity contribution is 6.10. The van der Waals surface area contributed by atoms with Crippen LogP contribution in [0.25, 0.3) is 32.9 Å². The summed E-state index contributed by atoms with van der Waals surface area (Å²) in [4.78, 5) is 7.51. The van der Waals surface area contributed by atoms with Gasteiger partial charge in [0.15, 0.2) is 0 Å². The number of rotatable bonds is 1. The van der Waals surface area contributed by atoms with Crippen molar-refractivity contribution < 1.29 is 0 Å². The fourth-order valence-corrected chi connectivity index (χ4v) is 7.19. The van der Waals surface area contributed by atoms with Gasteiger partial charge in [-0.15, -0.1) is 0 Å². The molecule has 3 heterocycles. The van der Waals surface area contributed by atoms with Crippen LogP contribution >= 0.6 is 0 Å². The molecule has 39 heavy (non-hydrogen) atoms. The average Bonchev–Trinajstić information content (AvgIpc) is 2.95. The van der Waals surface area contributed by atoms with Crippen LogP contribution in [0.1, 0.15) is 49.9 Å². The van der Waals surface area contributed by atoms with Crippen LogP contribution in [0.3, 0.4) is 0 Å². The minimum Gasteiger partial charge on any atom is -0.309 e. The molecule has 0 atom stereocenters. The molecule has 0 amide bonds. The number of fused-ring (bicyclic) bond motifs is 6. The topological polar surface area (TPSA) is 16.1 Å². The molecule has 188 valence electrons. The Kier molecular flexibility index (Phi) is 4.38. The number of pyridine rings is 1. The molecule has 0 radical (unpaired) electrons. The zero-order chi connectivity index (χ0) is 26.5. The molecule has 2 aliphatic heterocycles. The van der Waals surface area contributed by atoms with Gasteiger partial charge < -0.3 is 4.90 Å². The molecule has 2 heteroatoms. The molecule has 0 spiro atoms. The Morgan fingerprint density at radius 1 is 0.513 bits per heavy atom. The van der Waals surface area contributed by atoms with Crippen molar-refractivity contribution >= 4 is 38.9 Å². The molecule has 0 saturated heterocycles. The second kappa shape index (κ2) is 7.57. The Bertz CT molecular complexity index is 1920. The van der Waals surface area contributed by atoms with Gasteiger partial charge in [-0.05, 0) is 58.1 Å². The van der Waals surface area contributed by atoms with Crippen LogP contribution in [0, 0.1) is 0 Å². The molecule has 0 unspecified atom stereocenters. The van der Waals surface area contributed by atoms with E-state index in [0.717, 1.165) is 11.0 Å². The number of aromatic nitrogens is 1. The summed E-state index contributed by atoms with van der Waals surface area (Å²) in [6.07, 6.45) is 0. The van der Waals surface area contributed by atoms with Gasteiger partial charge in [0, 0.05) is 27.2 Å². The molecular formula is C37H30N2. The average molecular weight is 503 g/mol. The van der Waals surface area contributed by atoms with Crippen LogP contribution in [0.15, 0.2) is 109 Å². The summed E-state index contributed by atoms with van der Waals surface area (Å²) in [6.45, 7) is 9.51. The van der Waals surface area contributed by atoms with Gasteiger partial charge in [0.25, 0.3) is 0 Å². The third-order valence-corrected chi connectivity index (χ3v) is 9.21. The van der Waals surface area contributed by atoms with Crippen molar-refractivity contribution in [1.29, 1.82) is 0 Å². The molecule has 0 fully saturated rings. The molecule has 5 aromatic carbocycles. The van der Waals surface area contributed by atoms with E-state index in [4.69, 9.17) is 4.98 Å². The van der Waals surface area contributed by atoms with Crippen LogP contribution < -0.4 is 4.90 Å². The van der Waals surface area contributed by atoms with Crippen molar-refractivity contribution in [2.45, 2.75) is 38.5 Å². The molecule has 6 aromatic rings. The molecular weight excluding hydrogens is 472 g/mol. The van der Waals surface area contributed by atoms with Crippen LogP contribution in [-0.4, -0.2) is 4.98 Å². The first-order chi connectivity index (χ1) is 18.9. The largest absolute Gasteiger partial charge is 0.309 e. The first-order valence-corrected chi connectivity index (χ1v) is 13.8. The predicted molar refractivity (Wildman–Crippen MR) is 164 cm³/mol. The molecule has 8 rings (SSSR count). The van der Waals surface area contributed by atoms with E-state index in [9.17, 15) is 0 Å². The lowest BCUT2D eigenvalue weighted by Gasteiger charge is -2.49. The fourth-order valence-electron chi connectivity index (χ4n) is 7.19. The number of anilines is 3. The molecule has 0 N–H and O–H groups in total. The van der Waals surface area contributed by atoms with E-state index in [1.807, 2.05) is 0 Å². The molecule has 0 saturated carbocycles. The van der Waals surface area contributed by atoms with Crippen molar-refractivity contribution in [3.63, 3.8) is 0 Å². The summed E-state index contributed by atoms with van der Waals surface area (Å²) in [6, 6.07) is 40.0. The summed E-state index contributed by atoms with van der Waals surface area (Å²) in [5, 5.41) is 2.38. The maximum Gasteiger partial charge on any atom is 0.0715 e. The third kappa shape index (κ3) is 2.89. The Balaban J connectivity index is 1.45. The van der Waals surface area contributed by atoms with Crippen molar-refractivity contribution in [3.8, 4) is 11.1 Å². The van der Waals surface area contributed by atoms with Crippen LogP contribution in [0.2, 0.25) is 0 Å². The monoisotopic (exact) mass is 502 g/mol. The molecule has 0 aliphatic carbocycles. The number of para-hydroxylation sites is 4. The van der Waals surface area contributed by atoms with E-state index < -0.39 is 0 Å². The summed E-state index contributed by atoms with van der Waals surface area (Å²) in [5.74, 6) is 0. The van der Waals surface area contributed by atoms with E-state index in [1.54, 1.807) is 0 Å². The minimum atomic E-state index is -0.159. The zero-order valence-electron chi connectivity index (χ0n) is 22.8. The third-order valence-electron chi connectivity index (χ3n) is 9.21. The Morgan fingerprint density at radius 2 is 1.05 bits per heavy atom. The predicted octanol–water partition coefficient (Wildman–Crippen LogP) is 9.80. The van der Waals surface area contributed by atoms with Crippen molar-refractivity contribution in [2.75, 3.05) is 4.90 Å². The Labute approximate surface area is 229 Å². The summed E-state index contributed by atoms with van der Waals surface area (Å²) in [7, 11) is 0. The van der Waals surface area contributed by atoms with E-state index in [0.29, 0.717) is 0 Å². The smallest absolute Gasteiger partial charge is 0.0715 e. The molecule has 2 nitrogen and oxygen atoms in total. The maximum atomic E-state index is 4.98. The van der Waals surface area contributed by atoms with E-state index in [1.165, 1.54) is 61.2 Å². The highest BCUT2D eigenvalue weighted by Crippen LogP contribution is 2.60. The van der Waals surface area contributed by atoms with Crippen LogP contribution in [-0.2, 0) is 10.8 Å². The van der Waals surface area contributed by atoms with Gasteiger partial charge in [0.1, 0.15) is 0 Å². The Morgan fingerprint density at radius 3 is 1.74 bits per heavy atom. The summed E-state index contributed by atoms with van der Waals surface area (Å²) < 4.78 is 0. The van der Waals surface area contributed by atoms with Gasteiger partial charge in [-0.2, -0.15) is 0 Å². The lowest BCUT2D eigenvalue weighted by atomic mass is 9.66. The minimum absolute atomic E-state index is 0.0686. The second-order valence-electron chi connectivity index (χ2n) is 12.1. The van der Waals surface area contributed by atoms with E-state index in [-0.39, 0.29) is 10.8 Å². The first kappa shape index (κ1) is 22.5. The standard InChI is InChI=1S/C37H30N2/c1-36(2)26-14-7-10-19-32(26)39-33-21-20-23(22-29(33)37(3,4)28-16-11-15-27(36)35(28)39)34-24-12-5-8-17-30(24)38-31-18-9-6-13-25(31)34/h5-22H,1-4H3. The number of nitrogens with zero attached hydrogens (tertiary/aromatic N) is 2. The molecule has 2 aliphatic rings. The van der Waals surface area contributed by atoms with Crippen molar-refractivity contribution in [2.24, 2.45) is 0 Å². The van der Waals surface area contributed by atoms with E-state index in [2.05, 4.69) is 142 Å². The first-order valence-electron chi connectivity index (χ1n) is 13.8. The number of hydrogen-bond donors (Lipinski definition) is 0. The summed E-state index contributed by atoms with van der Waals surface area (Å²) in [5.41, 5.74) is 13.7. The maximum absolute atomic E-state index is 4.98. The van der Waals surface area contributed by atoms with Crippen LogP contribution in [0.4, 0.5) is 17.1 Å². The number of benzene rings is 5. The second-order valence-corrected chi connectivity index (χ2v) is 12.1. The van der Waals surface area contributed by atoms with Gasteiger partial charge in [-0.1, -0.05) is 107 Å². The lowest BCUT2D eigenvalue weighted by molar-refractivity contribution is 0.597. The normalized spacial score (nSPS) is 16.1. The highest BCUT2D eigenvalue weighted by atomic mass is 15.2. The number of hydrogen-bond acceptors (Lipinski definition) is 2. The van der Waals surface area contributed by atoms with Gasteiger partial charge in [0.05, 0.1) is 28.1 Å². The van der Waals surface area contributed by atoms with Gasteiger partial charge in [0.2, 0.25) is 0 Å². The van der Waals surface area contributed by atoms with Crippen molar-refractivity contribution in [3.05, 3.63) is 131 Å². The van der Waals surface area contributed by atoms with Crippen LogP contribution in [0.5, 0.6) is 0 Å². The zero-order valence-corrected chi connectivity index (χ0v) is 22.8. The van der Waals surface area contributed by atoms with Gasteiger partial charge in [-0.3, -0.25) is 0 Å². The van der Waals surface area contributed by atoms with Gasteiger partial charge in [-0.25, -0.2) is 4.98 Å². The molecule has 1 aromatic heterocycles. The lowest BCUT2D eigenvalue weighted by Crippen LogP contribution is -2.38. The highest BCUT2D eigenvalue weighted by Gasteiger charge is 2.45. The van der Waals surface area contributed by atoms with Gasteiger partial charge >= 0.3 is 0 Å². The quantitative estimate of drug-likeness (QED) is 0.208. The molecule has 0 bridgehead atoms. The SMILES string of the molecule is CC1(C)c2ccccc2N2c3ccc(-c4c5ccccc5nc5ccccc45)cc3C(C)(C)c3cccc1c32. The van der Waals surface area contributed by atoms with E-state index >= 15 is 0 Å².